The van der Waals surface area contributed by atoms with Gasteiger partial charge < -0.3 is 24.7 Å². The molecule has 0 unspecified atom stereocenters. The minimum Gasteiger partial charge on any atom is -0.495 e. The Morgan fingerprint density at radius 3 is 2.47 bits per heavy atom. The molecule has 0 radical (unpaired) electrons. The quantitative estimate of drug-likeness (QED) is 0.402. The highest BCUT2D eigenvalue weighted by atomic mass is 16.5. The van der Waals surface area contributed by atoms with Crippen molar-refractivity contribution < 1.29 is 13.9 Å². The monoisotopic (exact) mass is 465 g/mol. The predicted molar refractivity (Wildman–Crippen MR) is 138 cm³/mol. The van der Waals surface area contributed by atoms with Gasteiger partial charge in [0.1, 0.15) is 11.3 Å². The maximum atomic E-state index is 13.2. The predicted octanol–water partition coefficient (Wildman–Crippen LogP) is 5.17. The fourth-order valence-corrected chi connectivity index (χ4v) is 3.87. The van der Waals surface area contributed by atoms with Crippen molar-refractivity contribution in [1.82, 2.24) is 5.32 Å². The molecule has 1 aromatic heterocycles. The van der Waals surface area contributed by atoms with Crippen molar-refractivity contribution in [3.05, 3.63) is 59.0 Å². The van der Waals surface area contributed by atoms with Crippen LogP contribution in [0.25, 0.3) is 11.0 Å². The van der Waals surface area contributed by atoms with Gasteiger partial charge in [0, 0.05) is 24.2 Å². The topological polar surface area (TPSA) is 83.8 Å². The van der Waals surface area contributed by atoms with E-state index in [-0.39, 0.29) is 11.9 Å². The number of nitrogens with one attached hydrogen (secondary N) is 2. The summed E-state index contributed by atoms with van der Waals surface area (Å²) in [5, 5.41) is 7.26. The summed E-state index contributed by atoms with van der Waals surface area (Å²) in [7, 11) is 3.45. The molecule has 0 fully saturated rings. The SMILES string of the molecule is COc1ccc(N(C)c2cc(=O)oc3ccccc23)cc1NC(=O)[C@H](CC(C)C)NCC(C)C. The lowest BCUT2D eigenvalue weighted by molar-refractivity contribution is -0.118. The third-order valence-corrected chi connectivity index (χ3v) is 5.61. The molecule has 2 aromatic carbocycles. The molecule has 0 aliphatic carbocycles. The number of hydrogen-bond acceptors (Lipinski definition) is 6. The van der Waals surface area contributed by atoms with E-state index in [2.05, 4.69) is 38.3 Å². The first-order valence-electron chi connectivity index (χ1n) is 11.7. The van der Waals surface area contributed by atoms with Crippen LogP contribution < -0.4 is 25.9 Å². The summed E-state index contributed by atoms with van der Waals surface area (Å²) in [6, 6.07) is 14.1. The van der Waals surface area contributed by atoms with Crippen LogP contribution in [-0.4, -0.2) is 32.7 Å². The smallest absolute Gasteiger partial charge is 0.338 e. The van der Waals surface area contributed by atoms with Crippen molar-refractivity contribution in [3.8, 4) is 5.75 Å². The fourth-order valence-electron chi connectivity index (χ4n) is 3.87. The number of fused-ring (bicyclic) bond motifs is 1. The molecular formula is C27H35N3O4. The van der Waals surface area contributed by atoms with Gasteiger partial charge in [0.15, 0.2) is 0 Å². The van der Waals surface area contributed by atoms with Crippen LogP contribution in [0.2, 0.25) is 0 Å². The van der Waals surface area contributed by atoms with E-state index < -0.39 is 5.63 Å². The number of methoxy groups -OCH3 is 1. The van der Waals surface area contributed by atoms with Gasteiger partial charge in [0.05, 0.1) is 24.5 Å². The molecule has 0 bridgehead atoms. The van der Waals surface area contributed by atoms with Crippen LogP contribution >= 0.6 is 0 Å². The Labute approximate surface area is 201 Å². The Morgan fingerprint density at radius 1 is 1.06 bits per heavy atom. The van der Waals surface area contributed by atoms with Crippen molar-refractivity contribution in [2.75, 3.05) is 30.9 Å². The van der Waals surface area contributed by atoms with Gasteiger partial charge in [-0.1, -0.05) is 39.8 Å². The van der Waals surface area contributed by atoms with Crippen molar-refractivity contribution >= 4 is 33.9 Å². The molecule has 0 spiro atoms. The average molecular weight is 466 g/mol. The number of amides is 1. The van der Waals surface area contributed by atoms with Gasteiger partial charge in [-0.2, -0.15) is 0 Å². The average Bonchev–Trinajstić information content (AvgIpc) is 2.80. The first kappa shape index (κ1) is 25.3. The summed E-state index contributed by atoms with van der Waals surface area (Å²) in [4.78, 5) is 27.3. The van der Waals surface area contributed by atoms with Gasteiger partial charge in [-0.05, 0) is 55.1 Å². The van der Waals surface area contributed by atoms with E-state index in [1.165, 1.54) is 6.07 Å². The van der Waals surface area contributed by atoms with E-state index in [1.54, 1.807) is 13.2 Å². The summed E-state index contributed by atoms with van der Waals surface area (Å²) >= 11 is 0. The molecule has 0 aliphatic rings. The first-order chi connectivity index (χ1) is 16.2. The van der Waals surface area contributed by atoms with E-state index in [0.717, 1.165) is 24.0 Å². The van der Waals surface area contributed by atoms with E-state index in [0.29, 0.717) is 34.5 Å². The lowest BCUT2D eigenvalue weighted by Crippen LogP contribution is -2.43. The lowest BCUT2D eigenvalue weighted by atomic mass is 10.0. The maximum absolute atomic E-state index is 13.2. The van der Waals surface area contributed by atoms with Crippen molar-refractivity contribution in [2.45, 2.75) is 40.2 Å². The molecular weight excluding hydrogens is 430 g/mol. The number of rotatable bonds is 10. The Balaban J connectivity index is 1.93. The number of ether oxygens (including phenoxy) is 1. The molecule has 1 heterocycles. The first-order valence-corrected chi connectivity index (χ1v) is 11.7. The molecule has 7 nitrogen and oxygen atoms in total. The molecule has 3 rings (SSSR count). The van der Waals surface area contributed by atoms with Crippen LogP contribution in [0.4, 0.5) is 17.1 Å². The highest BCUT2D eigenvalue weighted by molar-refractivity contribution is 5.97. The summed E-state index contributed by atoms with van der Waals surface area (Å²) in [5.74, 6) is 1.27. The molecule has 182 valence electrons. The number of carbonyl (C=O) groups is 1. The zero-order valence-corrected chi connectivity index (χ0v) is 20.8. The van der Waals surface area contributed by atoms with Gasteiger partial charge in [-0.15, -0.1) is 0 Å². The van der Waals surface area contributed by atoms with E-state index >= 15 is 0 Å². The number of anilines is 3. The second-order valence-corrected chi connectivity index (χ2v) is 9.36. The second kappa shape index (κ2) is 11.2. The van der Waals surface area contributed by atoms with Crippen LogP contribution in [0.1, 0.15) is 34.1 Å². The fraction of sp³-hybridized carbons (Fsp3) is 0.407. The number of nitrogens with zero attached hydrogens (tertiary/aromatic N) is 1. The van der Waals surface area contributed by atoms with Crippen LogP contribution in [0, 0.1) is 11.8 Å². The van der Waals surface area contributed by atoms with Gasteiger partial charge in [0.2, 0.25) is 5.91 Å². The normalized spacial score (nSPS) is 12.2. The van der Waals surface area contributed by atoms with Crippen LogP contribution in [0.5, 0.6) is 5.75 Å². The summed E-state index contributed by atoms with van der Waals surface area (Å²) in [6.45, 7) is 9.21. The molecule has 0 saturated heterocycles. The summed E-state index contributed by atoms with van der Waals surface area (Å²) in [6.07, 6.45) is 0.728. The third kappa shape index (κ3) is 6.17. The Hall–Kier alpha value is -3.32. The largest absolute Gasteiger partial charge is 0.495 e. The van der Waals surface area contributed by atoms with E-state index in [4.69, 9.17) is 9.15 Å². The highest BCUT2D eigenvalue weighted by Gasteiger charge is 2.22. The third-order valence-electron chi connectivity index (χ3n) is 5.61. The Bertz CT molecular complexity index is 1190. The molecule has 3 aromatic rings. The molecule has 34 heavy (non-hydrogen) atoms. The summed E-state index contributed by atoms with van der Waals surface area (Å²) in [5.41, 5.74) is 2.18. The second-order valence-electron chi connectivity index (χ2n) is 9.36. The van der Waals surface area contributed by atoms with Crippen molar-refractivity contribution in [2.24, 2.45) is 11.8 Å². The van der Waals surface area contributed by atoms with Gasteiger partial charge >= 0.3 is 5.63 Å². The van der Waals surface area contributed by atoms with Gasteiger partial charge in [0.25, 0.3) is 0 Å². The van der Waals surface area contributed by atoms with Crippen molar-refractivity contribution in [3.63, 3.8) is 0 Å². The minimum absolute atomic E-state index is 0.0988. The summed E-state index contributed by atoms with van der Waals surface area (Å²) < 4.78 is 10.8. The number of carbonyl (C=O) groups excluding carboxylic acids is 1. The number of benzene rings is 2. The van der Waals surface area contributed by atoms with Crippen molar-refractivity contribution in [1.29, 1.82) is 0 Å². The van der Waals surface area contributed by atoms with Crippen LogP contribution in [0.15, 0.2) is 57.7 Å². The molecule has 0 saturated carbocycles. The van der Waals surface area contributed by atoms with Gasteiger partial charge in [-0.3, -0.25) is 4.79 Å². The molecule has 1 atom stereocenters. The number of hydrogen-bond donors (Lipinski definition) is 2. The minimum atomic E-state index is -0.421. The Morgan fingerprint density at radius 2 is 1.79 bits per heavy atom. The van der Waals surface area contributed by atoms with Gasteiger partial charge in [-0.25, -0.2) is 4.79 Å². The standard InChI is InChI=1S/C27H35N3O4/c1-17(2)13-22(28-16-18(3)4)27(32)29-21-14-19(11-12-25(21)33-6)30(5)23-15-26(31)34-24-10-8-7-9-20(23)24/h7-12,14-15,17-18,22,28H,13,16H2,1-6H3,(H,29,32)/t22-/m0/s1. The lowest BCUT2D eigenvalue weighted by Gasteiger charge is -2.24. The van der Waals surface area contributed by atoms with Crippen LogP contribution in [0.3, 0.4) is 0 Å². The molecule has 1 amide bonds. The Kier molecular flexibility index (Phi) is 8.34. The highest BCUT2D eigenvalue weighted by Crippen LogP contribution is 2.34. The zero-order valence-electron chi connectivity index (χ0n) is 20.8. The maximum Gasteiger partial charge on any atom is 0.338 e. The van der Waals surface area contributed by atoms with E-state index in [1.807, 2.05) is 48.3 Å². The number of para-hydroxylation sites is 1. The molecule has 0 aliphatic heterocycles. The van der Waals surface area contributed by atoms with E-state index in [9.17, 15) is 9.59 Å². The molecule has 2 N–H and O–H groups in total. The molecule has 7 heteroatoms. The zero-order chi connectivity index (χ0) is 24.8. The van der Waals surface area contributed by atoms with Crippen LogP contribution in [-0.2, 0) is 4.79 Å².